The highest BCUT2D eigenvalue weighted by molar-refractivity contribution is 7.16. The molecule has 1 aromatic heterocycles. The lowest BCUT2D eigenvalue weighted by Crippen LogP contribution is -2.41. The standard InChI is InChI=1S/C17H19N3O3S/c1-23-13-4-2-12(3-5-13)16-19-10-14(24-16)17(22)20-8-6-11(7-9-20)15(18)21/h2-5,10-11H,6-9H2,1H3,(H2,18,21). The summed E-state index contributed by atoms with van der Waals surface area (Å²) in [6.45, 7) is 1.12. The number of carbonyl (C=O) groups is 2. The van der Waals surface area contributed by atoms with Crippen molar-refractivity contribution >= 4 is 23.2 Å². The number of thiazole rings is 1. The predicted molar refractivity (Wildman–Crippen MR) is 91.9 cm³/mol. The Kier molecular flexibility index (Phi) is 4.80. The van der Waals surface area contributed by atoms with E-state index in [-0.39, 0.29) is 17.7 Å². The van der Waals surface area contributed by atoms with Gasteiger partial charge in [-0.1, -0.05) is 0 Å². The summed E-state index contributed by atoms with van der Waals surface area (Å²) in [5, 5.41) is 0.799. The molecule has 3 rings (SSSR count). The third-order valence-corrected chi connectivity index (χ3v) is 5.27. The second-order valence-corrected chi connectivity index (χ2v) is 6.76. The molecule has 0 radical (unpaired) electrons. The first-order valence-electron chi connectivity index (χ1n) is 7.77. The van der Waals surface area contributed by atoms with Crippen LogP contribution in [0.4, 0.5) is 0 Å². The monoisotopic (exact) mass is 345 g/mol. The molecule has 2 N–H and O–H groups in total. The Balaban J connectivity index is 1.68. The van der Waals surface area contributed by atoms with Gasteiger partial charge in [0.1, 0.15) is 15.6 Å². The molecule has 0 atom stereocenters. The first kappa shape index (κ1) is 16.4. The van der Waals surface area contributed by atoms with E-state index in [1.165, 1.54) is 11.3 Å². The van der Waals surface area contributed by atoms with Gasteiger partial charge in [0.2, 0.25) is 5.91 Å². The fourth-order valence-corrected chi connectivity index (χ4v) is 3.65. The van der Waals surface area contributed by atoms with Crippen molar-refractivity contribution in [2.45, 2.75) is 12.8 Å². The van der Waals surface area contributed by atoms with E-state index in [1.54, 1.807) is 18.2 Å². The van der Waals surface area contributed by atoms with Gasteiger partial charge >= 0.3 is 0 Å². The minimum Gasteiger partial charge on any atom is -0.497 e. The molecule has 2 heterocycles. The Morgan fingerprint density at radius 1 is 1.25 bits per heavy atom. The molecule has 0 saturated carbocycles. The summed E-state index contributed by atoms with van der Waals surface area (Å²) in [5.41, 5.74) is 6.28. The van der Waals surface area contributed by atoms with Crippen LogP contribution in [0.2, 0.25) is 0 Å². The first-order chi connectivity index (χ1) is 11.6. The number of hydrogen-bond acceptors (Lipinski definition) is 5. The van der Waals surface area contributed by atoms with E-state index in [0.29, 0.717) is 30.8 Å². The third-order valence-electron chi connectivity index (χ3n) is 4.24. The zero-order chi connectivity index (χ0) is 17.1. The predicted octanol–water partition coefficient (Wildman–Crippen LogP) is 2.16. The molecule has 1 aromatic carbocycles. The second kappa shape index (κ2) is 7.00. The molecule has 2 amide bonds. The lowest BCUT2D eigenvalue weighted by atomic mass is 9.96. The summed E-state index contributed by atoms with van der Waals surface area (Å²) in [5.74, 6) is 0.353. The van der Waals surface area contributed by atoms with Crippen LogP contribution in [-0.2, 0) is 4.79 Å². The minimum atomic E-state index is -0.276. The third kappa shape index (κ3) is 3.41. The maximum atomic E-state index is 12.6. The Bertz CT molecular complexity index is 734. The molecule has 1 aliphatic heterocycles. The fourth-order valence-electron chi connectivity index (χ4n) is 2.76. The lowest BCUT2D eigenvalue weighted by molar-refractivity contribution is -0.123. The molecule has 2 aromatic rings. The molecule has 7 heteroatoms. The number of methoxy groups -OCH3 is 1. The lowest BCUT2D eigenvalue weighted by Gasteiger charge is -2.30. The Morgan fingerprint density at radius 3 is 2.50 bits per heavy atom. The number of hydrogen-bond donors (Lipinski definition) is 1. The number of benzene rings is 1. The summed E-state index contributed by atoms with van der Waals surface area (Å²) in [4.78, 5) is 30.5. The van der Waals surface area contributed by atoms with Crippen molar-refractivity contribution in [1.29, 1.82) is 0 Å². The number of piperidine rings is 1. The van der Waals surface area contributed by atoms with Gasteiger partial charge in [-0.15, -0.1) is 11.3 Å². The van der Waals surface area contributed by atoms with Gasteiger partial charge in [-0.2, -0.15) is 0 Å². The minimum absolute atomic E-state index is 0.0322. The van der Waals surface area contributed by atoms with Crippen LogP contribution in [0.5, 0.6) is 5.75 Å². The number of carbonyl (C=O) groups excluding carboxylic acids is 2. The summed E-state index contributed by atoms with van der Waals surface area (Å²) in [6.07, 6.45) is 2.88. The molecule has 126 valence electrons. The Hall–Kier alpha value is -2.41. The molecule has 0 bridgehead atoms. The highest BCUT2D eigenvalue weighted by Crippen LogP contribution is 2.28. The van der Waals surface area contributed by atoms with Gasteiger partial charge in [-0.25, -0.2) is 4.98 Å². The fraction of sp³-hybridized carbons (Fsp3) is 0.353. The quantitative estimate of drug-likeness (QED) is 0.920. The summed E-state index contributed by atoms with van der Waals surface area (Å²) in [6, 6.07) is 7.58. The van der Waals surface area contributed by atoms with Gasteiger partial charge in [0, 0.05) is 24.6 Å². The second-order valence-electron chi connectivity index (χ2n) is 5.73. The average Bonchev–Trinajstić information content (AvgIpc) is 3.11. The van der Waals surface area contributed by atoms with E-state index in [0.717, 1.165) is 16.3 Å². The van der Waals surface area contributed by atoms with Gasteiger partial charge in [-0.05, 0) is 37.1 Å². The molecule has 1 saturated heterocycles. The summed E-state index contributed by atoms with van der Waals surface area (Å²) < 4.78 is 5.14. The molecule has 1 aliphatic rings. The maximum absolute atomic E-state index is 12.6. The van der Waals surface area contributed by atoms with E-state index >= 15 is 0 Å². The number of nitrogens with zero attached hydrogens (tertiary/aromatic N) is 2. The Morgan fingerprint density at radius 2 is 1.92 bits per heavy atom. The zero-order valence-corrected chi connectivity index (χ0v) is 14.2. The van der Waals surface area contributed by atoms with Crippen LogP contribution in [0.25, 0.3) is 10.6 Å². The highest BCUT2D eigenvalue weighted by Gasteiger charge is 2.27. The van der Waals surface area contributed by atoms with Gasteiger partial charge in [0.05, 0.1) is 13.3 Å². The first-order valence-corrected chi connectivity index (χ1v) is 8.59. The van der Waals surface area contributed by atoms with Crippen LogP contribution in [0.1, 0.15) is 22.5 Å². The maximum Gasteiger partial charge on any atom is 0.265 e. The number of nitrogens with two attached hydrogens (primary N) is 1. The van der Waals surface area contributed by atoms with Crippen LogP contribution in [-0.4, -0.2) is 41.9 Å². The van der Waals surface area contributed by atoms with Crippen LogP contribution >= 0.6 is 11.3 Å². The molecular formula is C17H19N3O3S. The Labute approximate surface area is 144 Å². The van der Waals surface area contributed by atoms with Crippen LogP contribution in [0.3, 0.4) is 0 Å². The van der Waals surface area contributed by atoms with Crippen molar-refractivity contribution in [2.75, 3.05) is 20.2 Å². The van der Waals surface area contributed by atoms with Crippen molar-refractivity contribution in [1.82, 2.24) is 9.88 Å². The largest absolute Gasteiger partial charge is 0.497 e. The molecule has 0 spiro atoms. The number of likely N-dealkylation sites (tertiary alicyclic amines) is 1. The van der Waals surface area contributed by atoms with Crippen molar-refractivity contribution in [3.8, 4) is 16.3 Å². The zero-order valence-electron chi connectivity index (χ0n) is 13.4. The summed E-state index contributed by atoms with van der Waals surface area (Å²) in [7, 11) is 1.62. The molecular weight excluding hydrogens is 326 g/mol. The molecule has 0 aliphatic carbocycles. The van der Waals surface area contributed by atoms with Crippen molar-refractivity contribution in [2.24, 2.45) is 11.7 Å². The number of aromatic nitrogens is 1. The number of rotatable bonds is 4. The summed E-state index contributed by atoms with van der Waals surface area (Å²) >= 11 is 1.37. The van der Waals surface area contributed by atoms with Crippen LogP contribution < -0.4 is 10.5 Å². The molecule has 0 unspecified atom stereocenters. The van der Waals surface area contributed by atoms with Crippen LogP contribution in [0, 0.1) is 5.92 Å². The number of primary amides is 1. The van der Waals surface area contributed by atoms with Gasteiger partial charge in [-0.3, -0.25) is 9.59 Å². The van der Waals surface area contributed by atoms with Crippen molar-refractivity contribution in [3.63, 3.8) is 0 Å². The van der Waals surface area contributed by atoms with Gasteiger partial charge in [0.25, 0.3) is 5.91 Å². The molecule has 1 fully saturated rings. The highest BCUT2D eigenvalue weighted by atomic mass is 32.1. The van der Waals surface area contributed by atoms with E-state index in [1.807, 2.05) is 24.3 Å². The van der Waals surface area contributed by atoms with E-state index < -0.39 is 0 Å². The van der Waals surface area contributed by atoms with Crippen molar-refractivity contribution < 1.29 is 14.3 Å². The van der Waals surface area contributed by atoms with Gasteiger partial charge < -0.3 is 15.4 Å². The smallest absolute Gasteiger partial charge is 0.265 e. The van der Waals surface area contributed by atoms with E-state index in [2.05, 4.69) is 4.98 Å². The van der Waals surface area contributed by atoms with Crippen molar-refractivity contribution in [3.05, 3.63) is 35.3 Å². The SMILES string of the molecule is COc1ccc(-c2ncc(C(=O)N3CCC(C(N)=O)CC3)s2)cc1. The normalized spacial score (nSPS) is 15.3. The van der Waals surface area contributed by atoms with E-state index in [4.69, 9.17) is 10.5 Å². The number of amides is 2. The van der Waals surface area contributed by atoms with E-state index in [9.17, 15) is 9.59 Å². The van der Waals surface area contributed by atoms with Gasteiger partial charge in [0.15, 0.2) is 0 Å². The number of ether oxygens (including phenoxy) is 1. The average molecular weight is 345 g/mol. The topological polar surface area (TPSA) is 85.5 Å². The van der Waals surface area contributed by atoms with Crippen LogP contribution in [0.15, 0.2) is 30.5 Å². The molecule has 6 nitrogen and oxygen atoms in total. The molecule has 24 heavy (non-hydrogen) atoms.